The van der Waals surface area contributed by atoms with Crippen LogP contribution in [0.3, 0.4) is 0 Å². The molecule has 0 aliphatic heterocycles. The van der Waals surface area contributed by atoms with E-state index >= 15 is 0 Å². The fourth-order valence-electron chi connectivity index (χ4n) is 8.09. The molecule has 0 radical (unpaired) electrons. The maximum absolute atomic E-state index is 13.2. The monoisotopic (exact) mass is 475 g/mol. The molecule has 2 saturated carbocycles. The number of hydrogen-bond donors (Lipinski definition) is 1. The van der Waals surface area contributed by atoms with E-state index in [9.17, 15) is 14.7 Å². The van der Waals surface area contributed by atoms with Crippen molar-refractivity contribution in [1.82, 2.24) is 0 Å². The van der Waals surface area contributed by atoms with Gasteiger partial charge >= 0.3 is 5.97 Å². The highest BCUT2D eigenvalue weighted by atomic mass is 16.6. The smallest absolute Gasteiger partial charge is 0.303 e. The van der Waals surface area contributed by atoms with Crippen molar-refractivity contribution in [3.63, 3.8) is 0 Å². The summed E-state index contributed by atoms with van der Waals surface area (Å²) < 4.78 is 6.00. The van der Waals surface area contributed by atoms with Gasteiger partial charge in [0, 0.05) is 32.1 Å². The summed E-state index contributed by atoms with van der Waals surface area (Å²) in [5, 5.41) is 10.2. The molecule has 5 nitrogen and oxygen atoms in total. The number of esters is 1. The van der Waals surface area contributed by atoms with E-state index < -0.39 is 11.0 Å². The van der Waals surface area contributed by atoms with Crippen molar-refractivity contribution in [1.29, 1.82) is 0 Å². The first-order valence-electron chi connectivity index (χ1n) is 12.9. The number of hydrogen-bond acceptors (Lipinski definition) is 5. The molecule has 2 aromatic carbocycles. The predicted octanol–water partition coefficient (Wildman–Crippen LogP) is 5.60. The Bertz CT molecular complexity index is 1160. The fraction of sp³-hybridized carbons (Fsp3) is 0.533. The van der Waals surface area contributed by atoms with Crippen LogP contribution >= 0.6 is 0 Å². The predicted molar refractivity (Wildman–Crippen MR) is 137 cm³/mol. The van der Waals surface area contributed by atoms with Crippen LogP contribution in [0.2, 0.25) is 0 Å². The zero-order valence-electron chi connectivity index (χ0n) is 21.5. The number of phenols is 1. The molecule has 5 rings (SSSR count). The number of phenolic OH excluding ortho intramolecular Hbond substituents is 1. The second-order valence-corrected chi connectivity index (χ2v) is 11.4. The molecule has 0 bridgehead atoms. The summed E-state index contributed by atoms with van der Waals surface area (Å²) in [4.78, 5) is 27.6. The molecule has 0 heterocycles. The van der Waals surface area contributed by atoms with Crippen molar-refractivity contribution < 1.29 is 19.4 Å². The minimum atomic E-state index is -1.06. The lowest BCUT2D eigenvalue weighted by Crippen LogP contribution is -2.57. The normalized spacial score (nSPS) is 33.3. The zero-order chi connectivity index (χ0) is 25.1. The van der Waals surface area contributed by atoms with Gasteiger partial charge in [0.15, 0.2) is 11.4 Å². The van der Waals surface area contributed by atoms with Gasteiger partial charge in [0.2, 0.25) is 0 Å². The summed E-state index contributed by atoms with van der Waals surface area (Å²) >= 11 is 0. The van der Waals surface area contributed by atoms with Crippen LogP contribution in [0.25, 0.3) is 0 Å². The number of carbonyl (C=O) groups is 2. The lowest BCUT2D eigenvalue weighted by Gasteiger charge is -2.56. The molecule has 0 saturated heterocycles. The largest absolute Gasteiger partial charge is 0.508 e. The summed E-state index contributed by atoms with van der Waals surface area (Å²) in [6.07, 6.45) is 4.21. The van der Waals surface area contributed by atoms with Gasteiger partial charge in [0.1, 0.15) is 5.75 Å². The Balaban J connectivity index is 1.66. The first-order chi connectivity index (χ1) is 16.6. The van der Waals surface area contributed by atoms with Crippen molar-refractivity contribution in [2.45, 2.75) is 70.3 Å². The SMILES string of the molecule is CC(=O)OC1(C(C)=O)CCC2C3CCc4cc(O)ccc4C3[C@@H](c3ccc(N(C)C)cc3)C[C@@]21C. The van der Waals surface area contributed by atoms with E-state index in [-0.39, 0.29) is 17.7 Å². The van der Waals surface area contributed by atoms with Gasteiger partial charge in [0.25, 0.3) is 0 Å². The molecule has 0 aromatic heterocycles. The summed E-state index contributed by atoms with van der Waals surface area (Å²) in [5.41, 5.74) is 3.49. The summed E-state index contributed by atoms with van der Waals surface area (Å²) in [5.74, 6) is 1.10. The first kappa shape index (κ1) is 23.9. The highest BCUT2D eigenvalue weighted by Gasteiger charge is 2.68. The maximum atomic E-state index is 13.2. The number of benzene rings is 2. The van der Waals surface area contributed by atoms with Gasteiger partial charge < -0.3 is 14.7 Å². The van der Waals surface area contributed by atoms with Crippen molar-refractivity contribution in [2.75, 3.05) is 19.0 Å². The van der Waals surface area contributed by atoms with Crippen LogP contribution in [-0.4, -0.2) is 36.6 Å². The molecule has 2 fully saturated rings. The third kappa shape index (κ3) is 3.57. The Morgan fingerprint density at radius 1 is 1.06 bits per heavy atom. The van der Waals surface area contributed by atoms with Gasteiger partial charge in [-0.1, -0.05) is 25.1 Å². The van der Waals surface area contributed by atoms with Crippen LogP contribution in [-0.2, 0) is 20.7 Å². The van der Waals surface area contributed by atoms with Gasteiger partial charge in [-0.05, 0) is 104 Å². The average molecular weight is 476 g/mol. The first-order valence-corrected chi connectivity index (χ1v) is 12.9. The molecule has 2 aromatic rings. The number of aryl methyl sites for hydroxylation is 1. The topological polar surface area (TPSA) is 66.8 Å². The molecule has 4 unspecified atom stereocenters. The second kappa shape index (κ2) is 8.39. The Hall–Kier alpha value is -2.82. The fourth-order valence-corrected chi connectivity index (χ4v) is 8.09. The van der Waals surface area contributed by atoms with Crippen molar-refractivity contribution in [3.8, 4) is 5.75 Å². The van der Waals surface area contributed by atoms with Gasteiger partial charge in [-0.2, -0.15) is 0 Å². The lowest BCUT2D eigenvalue weighted by atomic mass is 9.48. The molecule has 35 heavy (non-hydrogen) atoms. The number of fused-ring (bicyclic) bond motifs is 5. The Kier molecular flexibility index (Phi) is 5.73. The number of Topliss-reactive ketones (excluding diaryl/α,β-unsaturated/α-hetero) is 1. The molecule has 1 N–H and O–H groups in total. The number of carbonyl (C=O) groups excluding carboxylic acids is 2. The molecule has 3 aliphatic rings. The number of ether oxygens (including phenoxy) is 1. The van der Waals surface area contributed by atoms with E-state index in [1.165, 1.54) is 23.6 Å². The van der Waals surface area contributed by atoms with Crippen molar-refractivity contribution >= 4 is 17.4 Å². The molecule has 6 atom stereocenters. The standard InChI is InChI=1S/C30H37NO4/c1-18(32)30(35-19(2)33)15-14-27-25-12-8-21-16-23(34)11-13-24(21)28(25)26(17-29(27,30)3)20-6-9-22(10-7-20)31(4)5/h6-7,9-11,13,16,25-28,34H,8,12,14-15,17H2,1-5H3/t25?,26-,27?,28?,29+,30?/m1/s1. The quantitative estimate of drug-likeness (QED) is 0.583. The summed E-state index contributed by atoms with van der Waals surface area (Å²) in [6.45, 7) is 5.23. The minimum absolute atomic E-state index is 0.0287. The molecule has 186 valence electrons. The Morgan fingerprint density at radius 2 is 1.77 bits per heavy atom. The second-order valence-electron chi connectivity index (χ2n) is 11.4. The van der Waals surface area contributed by atoms with Crippen LogP contribution in [0.1, 0.15) is 75.0 Å². The molecular formula is C30H37NO4. The highest BCUT2D eigenvalue weighted by Crippen LogP contribution is 2.68. The van der Waals surface area contributed by atoms with E-state index in [2.05, 4.69) is 42.2 Å². The highest BCUT2D eigenvalue weighted by molar-refractivity contribution is 5.89. The summed E-state index contributed by atoms with van der Waals surface area (Å²) in [6, 6.07) is 14.6. The molecule has 0 amide bonds. The van der Waals surface area contributed by atoms with E-state index in [4.69, 9.17) is 4.74 Å². The molecule has 3 aliphatic carbocycles. The van der Waals surface area contributed by atoms with Gasteiger partial charge in [-0.15, -0.1) is 0 Å². The Labute approximate surface area is 208 Å². The van der Waals surface area contributed by atoms with Crippen LogP contribution in [0.4, 0.5) is 5.69 Å². The van der Waals surface area contributed by atoms with E-state index in [1.807, 2.05) is 26.2 Å². The zero-order valence-corrected chi connectivity index (χ0v) is 21.5. The Morgan fingerprint density at radius 3 is 2.40 bits per heavy atom. The van der Waals surface area contributed by atoms with Crippen LogP contribution < -0.4 is 4.90 Å². The van der Waals surface area contributed by atoms with E-state index in [1.54, 1.807) is 6.92 Å². The number of ketones is 1. The lowest BCUT2D eigenvalue weighted by molar-refractivity contribution is -0.184. The number of nitrogens with zero attached hydrogens (tertiary/aromatic N) is 1. The van der Waals surface area contributed by atoms with Crippen LogP contribution in [0, 0.1) is 17.3 Å². The number of anilines is 1. The van der Waals surface area contributed by atoms with Gasteiger partial charge in [0.05, 0.1) is 0 Å². The third-order valence-corrected chi connectivity index (χ3v) is 9.56. The number of rotatable bonds is 4. The maximum Gasteiger partial charge on any atom is 0.303 e. The van der Waals surface area contributed by atoms with Crippen molar-refractivity contribution in [3.05, 3.63) is 59.2 Å². The molecule has 5 heteroatoms. The third-order valence-electron chi connectivity index (χ3n) is 9.56. The van der Waals surface area contributed by atoms with Gasteiger partial charge in [-0.3, -0.25) is 9.59 Å². The molecular weight excluding hydrogens is 438 g/mol. The minimum Gasteiger partial charge on any atom is -0.508 e. The van der Waals surface area contributed by atoms with E-state index in [0.717, 1.165) is 31.4 Å². The van der Waals surface area contributed by atoms with Crippen molar-refractivity contribution in [2.24, 2.45) is 17.3 Å². The number of aromatic hydroxyl groups is 1. The van der Waals surface area contributed by atoms with Gasteiger partial charge in [-0.25, -0.2) is 0 Å². The van der Waals surface area contributed by atoms with E-state index in [0.29, 0.717) is 29.9 Å². The average Bonchev–Trinajstić information content (AvgIpc) is 3.10. The summed E-state index contributed by atoms with van der Waals surface area (Å²) in [7, 11) is 4.08. The molecule has 0 spiro atoms. The van der Waals surface area contributed by atoms with Crippen LogP contribution in [0.5, 0.6) is 5.75 Å². The van der Waals surface area contributed by atoms with Crippen LogP contribution in [0.15, 0.2) is 42.5 Å².